The second kappa shape index (κ2) is 8.26. The molecule has 0 aromatic heterocycles. The van der Waals surface area contributed by atoms with Crippen molar-refractivity contribution in [2.45, 2.75) is 32.0 Å². The highest BCUT2D eigenvalue weighted by atomic mass is 19.4. The van der Waals surface area contributed by atoms with Crippen LogP contribution in [0.5, 0.6) is 5.75 Å². The van der Waals surface area contributed by atoms with Crippen molar-refractivity contribution in [3.05, 3.63) is 29.8 Å². The molecular weight excluding hydrogens is 303 g/mol. The molecule has 2 N–H and O–H groups in total. The largest absolute Gasteiger partial charge is 0.573 e. The Kier molecular flexibility index (Phi) is 6.68. The first-order valence-corrected chi connectivity index (χ1v) is 6.59. The van der Waals surface area contributed by atoms with E-state index in [4.69, 9.17) is 5.11 Å². The van der Waals surface area contributed by atoms with Gasteiger partial charge in [0, 0.05) is 19.4 Å². The fraction of sp³-hybridized carbons (Fsp3) is 0.429. The predicted octanol–water partition coefficient (Wildman–Crippen LogP) is 2.50. The van der Waals surface area contributed by atoms with Crippen LogP contribution in [0.1, 0.15) is 24.8 Å². The van der Waals surface area contributed by atoms with Crippen molar-refractivity contribution in [1.82, 2.24) is 5.32 Å². The summed E-state index contributed by atoms with van der Waals surface area (Å²) in [5, 5.41) is 11.0. The lowest BCUT2D eigenvalue weighted by atomic mass is 10.1. The Balaban J connectivity index is 2.29. The summed E-state index contributed by atoms with van der Waals surface area (Å²) in [6.45, 7) is 0.281. The van der Waals surface area contributed by atoms with E-state index < -0.39 is 12.3 Å². The van der Waals surface area contributed by atoms with E-state index in [9.17, 15) is 22.8 Å². The van der Waals surface area contributed by atoms with Gasteiger partial charge in [-0.1, -0.05) is 12.1 Å². The number of carboxylic acids is 1. The monoisotopic (exact) mass is 319 g/mol. The Morgan fingerprint density at radius 3 is 2.32 bits per heavy atom. The van der Waals surface area contributed by atoms with Crippen molar-refractivity contribution < 1.29 is 32.6 Å². The van der Waals surface area contributed by atoms with E-state index in [-0.39, 0.29) is 31.0 Å². The van der Waals surface area contributed by atoms with Crippen LogP contribution in [-0.4, -0.2) is 29.9 Å². The third-order valence-corrected chi connectivity index (χ3v) is 2.69. The molecule has 1 aromatic rings. The van der Waals surface area contributed by atoms with Gasteiger partial charge in [-0.2, -0.15) is 0 Å². The van der Waals surface area contributed by atoms with Gasteiger partial charge in [-0.15, -0.1) is 13.2 Å². The first-order valence-electron chi connectivity index (χ1n) is 6.59. The molecule has 0 heterocycles. The summed E-state index contributed by atoms with van der Waals surface area (Å²) in [6.07, 6.45) is -3.84. The van der Waals surface area contributed by atoms with Gasteiger partial charge in [0.15, 0.2) is 0 Å². The van der Waals surface area contributed by atoms with E-state index in [1.807, 2.05) is 0 Å². The zero-order valence-corrected chi connectivity index (χ0v) is 11.7. The number of benzene rings is 1. The molecular formula is C14H16F3NO4. The van der Waals surface area contributed by atoms with Gasteiger partial charge >= 0.3 is 12.3 Å². The van der Waals surface area contributed by atoms with Gasteiger partial charge in [0.2, 0.25) is 5.91 Å². The second-order valence-electron chi connectivity index (χ2n) is 4.54. The van der Waals surface area contributed by atoms with E-state index in [0.29, 0.717) is 18.4 Å². The Labute approximate surface area is 125 Å². The molecule has 8 heteroatoms. The number of hydrogen-bond donors (Lipinski definition) is 2. The van der Waals surface area contributed by atoms with Gasteiger partial charge in [0.05, 0.1) is 0 Å². The van der Waals surface area contributed by atoms with Crippen molar-refractivity contribution >= 4 is 11.9 Å². The third kappa shape index (κ3) is 8.13. The minimum Gasteiger partial charge on any atom is -0.481 e. The van der Waals surface area contributed by atoms with Gasteiger partial charge < -0.3 is 15.2 Å². The number of nitrogens with one attached hydrogen (secondary N) is 1. The zero-order chi connectivity index (χ0) is 16.6. The minimum absolute atomic E-state index is 0.0129. The molecule has 0 bridgehead atoms. The molecule has 122 valence electrons. The minimum atomic E-state index is -4.72. The quantitative estimate of drug-likeness (QED) is 0.722. The van der Waals surface area contributed by atoms with Crippen molar-refractivity contribution in [2.24, 2.45) is 0 Å². The zero-order valence-electron chi connectivity index (χ0n) is 11.7. The lowest BCUT2D eigenvalue weighted by Gasteiger charge is -2.09. The highest BCUT2D eigenvalue weighted by molar-refractivity contribution is 5.76. The Hall–Kier alpha value is -2.25. The van der Waals surface area contributed by atoms with Crippen LogP contribution < -0.4 is 10.1 Å². The van der Waals surface area contributed by atoms with Crippen LogP contribution in [0.25, 0.3) is 0 Å². The van der Waals surface area contributed by atoms with Crippen LogP contribution in [0.3, 0.4) is 0 Å². The van der Waals surface area contributed by atoms with E-state index in [0.717, 1.165) is 0 Å². The summed E-state index contributed by atoms with van der Waals surface area (Å²) in [4.78, 5) is 21.8. The van der Waals surface area contributed by atoms with Crippen molar-refractivity contribution in [3.63, 3.8) is 0 Å². The van der Waals surface area contributed by atoms with Crippen molar-refractivity contribution in [3.8, 4) is 5.75 Å². The molecule has 0 saturated carbocycles. The van der Waals surface area contributed by atoms with Crippen LogP contribution in [0.4, 0.5) is 13.2 Å². The number of carbonyl (C=O) groups is 2. The average molecular weight is 319 g/mol. The average Bonchev–Trinajstić information content (AvgIpc) is 2.41. The van der Waals surface area contributed by atoms with Crippen molar-refractivity contribution in [2.75, 3.05) is 6.54 Å². The SMILES string of the molecule is O=C(O)CCCNC(=O)CCc1ccc(OC(F)(F)F)cc1. The van der Waals surface area contributed by atoms with Crippen LogP contribution in [0.15, 0.2) is 24.3 Å². The Bertz CT molecular complexity index is 500. The van der Waals surface area contributed by atoms with Crippen LogP contribution in [-0.2, 0) is 16.0 Å². The molecule has 5 nitrogen and oxygen atoms in total. The van der Waals surface area contributed by atoms with Gasteiger partial charge in [-0.05, 0) is 30.5 Å². The number of ether oxygens (including phenoxy) is 1. The predicted molar refractivity (Wildman–Crippen MR) is 71.3 cm³/mol. The summed E-state index contributed by atoms with van der Waals surface area (Å²) in [6, 6.07) is 5.29. The number of aryl methyl sites for hydroxylation is 1. The third-order valence-electron chi connectivity index (χ3n) is 2.69. The van der Waals surface area contributed by atoms with Crippen LogP contribution in [0.2, 0.25) is 0 Å². The fourth-order valence-electron chi connectivity index (χ4n) is 1.67. The number of rotatable bonds is 8. The van der Waals surface area contributed by atoms with Gasteiger partial charge in [-0.3, -0.25) is 9.59 Å². The van der Waals surface area contributed by atoms with Gasteiger partial charge in [0.25, 0.3) is 0 Å². The lowest BCUT2D eigenvalue weighted by molar-refractivity contribution is -0.274. The molecule has 0 aliphatic rings. The van der Waals surface area contributed by atoms with E-state index in [1.165, 1.54) is 24.3 Å². The fourth-order valence-corrected chi connectivity index (χ4v) is 1.67. The van der Waals surface area contributed by atoms with Crippen LogP contribution >= 0.6 is 0 Å². The summed E-state index contributed by atoms with van der Waals surface area (Å²) in [7, 11) is 0. The first kappa shape index (κ1) is 17.8. The molecule has 0 aliphatic carbocycles. The molecule has 0 radical (unpaired) electrons. The van der Waals surface area contributed by atoms with Gasteiger partial charge in [-0.25, -0.2) is 0 Å². The Morgan fingerprint density at radius 1 is 1.14 bits per heavy atom. The maximum atomic E-state index is 12.0. The number of carboxylic acid groups (broad SMARTS) is 1. The molecule has 0 atom stereocenters. The number of alkyl halides is 3. The highest BCUT2D eigenvalue weighted by Gasteiger charge is 2.30. The molecule has 1 aromatic carbocycles. The van der Waals surface area contributed by atoms with Gasteiger partial charge in [0.1, 0.15) is 5.75 Å². The summed E-state index contributed by atoms with van der Waals surface area (Å²) >= 11 is 0. The maximum Gasteiger partial charge on any atom is 0.573 e. The molecule has 22 heavy (non-hydrogen) atoms. The smallest absolute Gasteiger partial charge is 0.481 e. The van der Waals surface area contributed by atoms with E-state index in [1.54, 1.807) is 0 Å². The number of carbonyl (C=O) groups excluding carboxylic acids is 1. The summed E-state index contributed by atoms with van der Waals surface area (Å²) < 4.78 is 39.7. The molecule has 0 unspecified atom stereocenters. The molecule has 0 saturated heterocycles. The Morgan fingerprint density at radius 2 is 1.77 bits per heavy atom. The summed E-state index contributed by atoms with van der Waals surface area (Å²) in [5.41, 5.74) is 0.704. The van der Waals surface area contributed by atoms with Crippen molar-refractivity contribution in [1.29, 1.82) is 0 Å². The number of halogens is 3. The normalized spacial score (nSPS) is 11.0. The number of amides is 1. The van der Waals surface area contributed by atoms with E-state index >= 15 is 0 Å². The lowest BCUT2D eigenvalue weighted by Crippen LogP contribution is -2.25. The highest BCUT2D eigenvalue weighted by Crippen LogP contribution is 2.22. The standard InChI is InChI=1S/C14H16F3NO4/c15-14(16,17)22-11-6-3-10(4-7-11)5-8-12(19)18-9-1-2-13(20)21/h3-4,6-7H,1-2,5,8-9H2,(H,18,19)(H,20,21). The molecule has 1 rings (SSSR count). The summed E-state index contributed by atoms with van der Waals surface area (Å²) in [5.74, 6) is -1.47. The molecule has 0 spiro atoms. The maximum absolute atomic E-state index is 12.0. The second-order valence-corrected chi connectivity index (χ2v) is 4.54. The van der Waals surface area contributed by atoms with Crippen LogP contribution in [0, 0.1) is 0 Å². The number of hydrogen-bond acceptors (Lipinski definition) is 3. The molecule has 0 fully saturated rings. The molecule has 1 amide bonds. The number of aliphatic carboxylic acids is 1. The molecule has 0 aliphatic heterocycles. The van der Waals surface area contributed by atoms with E-state index in [2.05, 4.69) is 10.1 Å². The first-order chi connectivity index (χ1) is 10.3. The topological polar surface area (TPSA) is 75.6 Å².